The normalized spacial score (nSPS) is 33.2. The number of piperidine rings is 2. The lowest BCUT2D eigenvalue weighted by Crippen LogP contribution is -2.60. The molecule has 3 nitrogen and oxygen atoms in total. The van der Waals surface area contributed by atoms with E-state index in [1.54, 1.807) is 6.20 Å². The number of halogens is 1. The summed E-state index contributed by atoms with van der Waals surface area (Å²) in [5.41, 5.74) is 0. The number of hydrogen-bond donors (Lipinski definition) is 1. The average Bonchev–Trinajstić information content (AvgIpc) is 2.27. The van der Waals surface area contributed by atoms with Gasteiger partial charge in [0.25, 0.3) is 0 Å². The lowest BCUT2D eigenvalue weighted by Gasteiger charge is -2.53. The van der Waals surface area contributed by atoms with Gasteiger partial charge in [-0.25, -0.2) is 4.98 Å². The van der Waals surface area contributed by atoms with Crippen LogP contribution in [0.5, 0.6) is 0 Å². The first-order chi connectivity index (χ1) is 7.74. The molecule has 4 heteroatoms. The molecule has 1 aromatic rings. The summed E-state index contributed by atoms with van der Waals surface area (Å²) < 4.78 is 0. The van der Waals surface area contributed by atoms with Gasteiger partial charge in [-0.3, -0.25) is 0 Å². The van der Waals surface area contributed by atoms with Crippen molar-refractivity contribution in [1.29, 1.82) is 0 Å². The second-order valence-electron chi connectivity index (χ2n) is 4.98. The maximum absolute atomic E-state index is 6.10. The minimum Gasteiger partial charge on any atom is -0.365 e. The van der Waals surface area contributed by atoms with E-state index in [1.807, 2.05) is 12.1 Å². The fraction of sp³-hybridized carbons (Fsp3) is 0.583. The summed E-state index contributed by atoms with van der Waals surface area (Å²) in [5.74, 6) is 2.37. The highest BCUT2D eigenvalue weighted by molar-refractivity contribution is 6.32. The van der Waals surface area contributed by atoms with E-state index in [2.05, 4.69) is 22.2 Å². The van der Waals surface area contributed by atoms with Crippen LogP contribution in [0.1, 0.15) is 6.42 Å². The predicted molar refractivity (Wildman–Crippen MR) is 65.8 cm³/mol. The molecule has 0 spiro atoms. The molecule has 86 valence electrons. The van der Waals surface area contributed by atoms with Gasteiger partial charge in [-0.2, -0.15) is 0 Å². The minimum atomic E-state index is 0.573. The molecule has 1 saturated carbocycles. The number of hydrogen-bond acceptors (Lipinski definition) is 3. The van der Waals surface area contributed by atoms with Crippen LogP contribution in [0.25, 0.3) is 0 Å². The lowest BCUT2D eigenvalue weighted by atomic mass is 9.66. The van der Waals surface area contributed by atoms with E-state index in [0.717, 1.165) is 22.7 Å². The Hall–Kier alpha value is -0.800. The lowest BCUT2D eigenvalue weighted by molar-refractivity contribution is 0.0268. The first-order valence-corrected chi connectivity index (χ1v) is 6.17. The van der Waals surface area contributed by atoms with E-state index in [-0.39, 0.29) is 0 Å². The van der Waals surface area contributed by atoms with Crippen LogP contribution in [0, 0.1) is 11.8 Å². The van der Waals surface area contributed by atoms with Crippen molar-refractivity contribution >= 4 is 17.4 Å². The van der Waals surface area contributed by atoms with Gasteiger partial charge in [0.1, 0.15) is 5.82 Å². The van der Waals surface area contributed by atoms with Crippen molar-refractivity contribution in [3.8, 4) is 0 Å². The molecule has 3 heterocycles. The molecule has 1 aliphatic carbocycles. The second kappa shape index (κ2) is 3.90. The second-order valence-corrected chi connectivity index (χ2v) is 5.39. The summed E-state index contributed by atoms with van der Waals surface area (Å²) in [6.45, 7) is 2.39. The molecule has 16 heavy (non-hydrogen) atoms. The first-order valence-electron chi connectivity index (χ1n) is 5.79. The third kappa shape index (κ3) is 1.68. The van der Waals surface area contributed by atoms with Crippen LogP contribution in [-0.4, -0.2) is 36.1 Å². The van der Waals surface area contributed by atoms with Gasteiger partial charge in [-0.15, -0.1) is 0 Å². The van der Waals surface area contributed by atoms with Crippen LogP contribution in [0.15, 0.2) is 18.3 Å². The van der Waals surface area contributed by atoms with Gasteiger partial charge in [-0.1, -0.05) is 11.6 Å². The van der Waals surface area contributed by atoms with E-state index in [1.165, 1.54) is 19.5 Å². The summed E-state index contributed by atoms with van der Waals surface area (Å²) in [6.07, 6.45) is 3.14. The third-order valence-electron chi connectivity index (χ3n) is 3.78. The van der Waals surface area contributed by atoms with Gasteiger partial charge in [0.2, 0.25) is 0 Å². The number of nitrogens with one attached hydrogen (secondary N) is 1. The molecular weight excluding hydrogens is 222 g/mol. The maximum atomic E-state index is 6.10. The summed E-state index contributed by atoms with van der Waals surface area (Å²) in [4.78, 5) is 6.70. The Morgan fingerprint density at radius 3 is 2.88 bits per heavy atom. The summed E-state index contributed by atoms with van der Waals surface area (Å²) >= 11 is 6.10. The van der Waals surface area contributed by atoms with Gasteiger partial charge < -0.3 is 10.2 Å². The molecule has 3 fully saturated rings. The SMILES string of the molecule is CN1CC2CC(C1)C2Nc1ncccc1Cl. The number of fused-ring (bicyclic) bond motifs is 2. The number of pyridine rings is 1. The van der Waals surface area contributed by atoms with Crippen molar-refractivity contribution in [2.75, 3.05) is 25.5 Å². The van der Waals surface area contributed by atoms with Crippen LogP contribution in [0.3, 0.4) is 0 Å². The predicted octanol–water partition coefficient (Wildman–Crippen LogP) is 2.10. The Morgan fingerprint density at radius 2 is 2.19 bits per heavy atom. The zero-order valence-electron chi connectivity index (χ0n) is 9.36. The molecule has 2 bridgehead atoms. The smallest absolute Gasteiger partial charge is 0.144 e. The Morgan fingerprint density at radius 1 is 1.44 bits per heavy atom. The van der Waals surface area contributed by atoms with Crippen molar-refractivity contribution in [2.24, 2.45) is 11.8 Å². The largest absolute Gasteiger partial charge is 0.365 e. The monoisotopic (exact) mass is 237 g/mol. The van der Waals surface area contributed by atoms with E-state index < -0.39 is 0 Å². The molecule has 2 unspecified atom stereocenters. The van der Waals surface area contributed by atoms with Gasteiger partial charge in [0.15, 0.2) is 0 Å². The van der Waals surface area contributed by atoms with E-state index in [4.69, 9.17) is 11.6 Å². The number of nitrogens with zero attached hydrogens (tertiary/aromatic N) is 2. The van der Waals surface area contributed by atoms with Gasteiger partial charge in [0.05, 0.1) is 5.02 Å². The summed E-state index contributed by atoms with van der Waals surface area (Å²) in [5, 5.41) is 4.22. The molecule has 1 N–H and O–H groups in total. The van der Waals surface area contributed by atoms with Crippen LogP contribution in [0.2, 0.25) is 5.02 Å². The molecule has 4 rings (SSSR count). The molecular formula is C12H16ClN3. The highest BCUT2D eigenvalue weighted by atomic mass is 35.5. The van der Waals surface area contributed by atoms with Crippen LogP contribution in [0.4, 0.5) is 5.82 Å². The fourth-order valence-electron chi connectivity index (χ4n) is 3.01. The van der Waals surface area contributed by atoms with Crippen molar-refractivity contribution in [2.45, 2.75) is 12.5 Å². The topological polar surface area (TPSA) is 28.2 Å². The van der Waals surface area contributed by atoms with E-state index in [0.29, 0.717) is 6.04 Å². The highest BCUT2D eigenvalue weighted by Gasteiger charge is 2.45. The average molecular weight is 238 g/mol. The van der Waals surface area contributed by atoms with E-state index in [9.17, 15) is 0 Å². The van der Waals surface area contributed by atoms with Crippen LogP contribution >= 0.6 is 11.6 Å². The fourth-order valence-corrected chi connectivity index (χ4v) is 3.18. The van der Waals surface area contributed by atoms with Crippen LogP contribution in [-0.2, 0) is 0 Å². The van der Waals surface area contributed by atoms with Gasteiger partial charge in [-0.05, 0) is 37.4 Å². The van der Waals surface area contributed by atoms with Crippen molar-refractivity contribution in [3.05, 3.63) is 23.4 Å². The Labute approximate surface area is 101 Å². The highest BCUT2D eigenvalue weighted by Crippen LogP contribution is 2.41. The molecule has 2 saturated heterocycles. The zero-order chi connectivity index (χ0) is 11.1. The molecule has 2 aliphatic heterocycles. The molecule has 0 aromatic carbocycles. The molecule has 2 atom stereocenters. The first kappa shape index (κ1) is 10.4. The Kier molecular flexibility index (Phi) is 2.52. The number of anilines is 1. The molecule has 1 aromatic heterocycles. The third-order valence-corrected chi connectivity index (χ3v) is 4.08. The van der Waals surface area contributed by atoms with Gasteiger partial charge >= 0.3 is 0 Å². The van der Waals surface area contributed by atoms with Crippen molar-refractivity contribution in [3.63, 3.8) is 0 Å². The zero-order valence-corrected chi connectivity index (χ0v) is 10.1. The molecule has 0 radical (unpaired) electrons. The maximum Gasteiger partial charge on any atom is 0.144 e. The molecule has 0 amide bonds. The van der Waals surface area contributed by atoms with E-state index >= 15 is 0 Å². The Bertz CT molecular complexity index is 384. The summed E-state index contributed by atoms with van der Waals surface area (Å²) in [7, 11) is 2.20. The van der Waals surface area contributed by atoms with Crippen molar-refractivity contribution in [1.82, 2.24) is 9.88 Å². The van der Waals surface area contributed by atoms with Crippen molar-refractivity contribution < 1.29 is 0 Å². The number of rotatable bonds is 2. The van der Waals surface area contributed by atoms with Gasteiger partial charge in [0, 0.05) is 25.3 Å². The minimum absolute atomic E-state index is 0.573. The standard InChI is InChI=1S/C12H16ClN3/c1-16-6-8-5-9(7-16)11(8)15-12-10(13)3-2-4-14-12/h2-4,8-9,11H,5-7H2,1H3,(H,14,15). The Balaban J connectivity index is 1.71. The summed E-state index contributed by atoms with van der Waals surface area (Å²) in [6, 6.07) is 4.32. The van der Waals surface area contributed by atoms with Crippen LogP contribution < -0.4 is 5.32 Å². The quantitative estimate of drug-likeness (QED) is 0.854. The molecule has 3 aliphatic rings. The number of aromatic nitrogens is 1.